The minimum Gasteiger partial charge on any atom is -0.328 e. The third kappa shape index (κ3) is 2.85. The highest BCUT2D eigenvalue weighted by molar-refractivity contribution is 5.76. The molecule has 0 unspecified atom stereocenters. The van der Waals surface area contributed by atoms with Crippen LogP contribution in [0.5, 0.6) is 0 Å². The number of rotatable bonds is 5. The fourth-order valence-corrected chi connectivity index (χ4v) is 2.80. The second-order valence-electron chi connectivity index (χ2n) is 5.63. The monoisotopic (exact) mass is 278 g/mol. The summed E-state index contributed by atoms with van der Waals surface area (Å²) in [6, 6.07) is 17.0. The van der Waals surface area contributed by atoms with Crippen molar-refractivity contribution in [3.8, 4) is 0 Å². The molecular weight excluding hydrogens is 256 g/mol. The standard InChI is InChI=1S/C19H22N2/c1-3-4-13-21-18-12-8-7-11-17(18)20-19(21)14-16-10-6-5-9-15(16)2/h5-12H,3-4,13-14H2,1-2H3. The van der Waals surface area contributed by atoms with Crippen molar-refractivity contribution in [1.29, 1.82) is 0 Å². The summed E-state index contributed by atoms with van der Waals surface area (Å²) in [6.45, 7) is 5.47. The summed E-state index contributed by atoms with van der Waals surface area (Å²) >= 11 is 0. The topological polar surface area (TPSA) is 17.8 Å². The Bertz CT molecular complexity index is 740. The van der Waals surface area contributed by atoms with Crippen molar-refractivity contribution in [2.24, 2.45) is 0 Å². The van der Waals surface area contributed by atoms with Crippen LogP contribution in [0.25, 0.3) is 11.0 Å². The first kappa shape index (κ1) is 13.9. The van der Waals surface area contributed by atoms with Crippen LogP contribution in [-0.4, -0.2) is 9.55 Å². The Morgan fingerprint density at radius 2 is 1.76 bits per heavy atom. The van der Waals surface area contributed by atoms with Crippen molar-refractivity contribution in [3.05, 3.63) is 65.5 Å². The van der Waals surface area contributed by atoms with Gasteiger partial charge in [0, 0.05) is 13.0 Å². The molecule has 2 heteroatoms. The van der Waals surface area contributed by atoms with E-state index in [2.05, 4.69) is 66.9 Å². The Labute approximate surface area is 126 Å². The molecule has 3 rings (SSSR count). The molecule has 0 fully saturated rings. The molecule has 0 saturated heterocycles. The van der Waals surface area contributed by atoms with Crippen LogP contribution in [0.1, 0.15) is 36.7 Å². The second kappa shape index (κ2) is 6.13. The fraction of sp³-hybridized carbons (Fsp3) is 0.316. The van der Waals surface area contributed by atoms with Gasteiger partial charge in [0.05, 0.1) is 11.0 Å². The molecule has 2 aromatic carbocycles. The van der Waals surface area contributed by atoms with Crippen LogP contribution in [0.2, 0.25) is 0 Å². The van der Waals surface area contributed by atoms with E-state index >= 15 is 0 Å². The molecule has 0 bridgehead atoms. The molecule has 1 aromatic heterocycles. The van der Waals surface area contributed by atoms with Crippen molar-refractivity contribution in [1.82, 2.24) is 9.55 Å². The Hall–Kier alpha value is -2.09. The summed E-state index contributed by atoms with van der Waals surface area (Å²) in [5.74, 6) is 1.18. The predicted molar refractivity (Wildman–Crippen MR) is 88.6 cm³/mol. The normalized spacial score (nSPS) is 11.1. The maximum absolute atomic E-state index is 4.86. The SMILES string of the molecule is CCCCn1c(Cc2ccccc2C)nc2ccccc21. The lowest BCUT2D eigenvalue weighted by Gasteiger charge is -2.10. The molecule has 0 saturated carbocycles. The molecule has 108 valence electrons. The van der Waals surface area contributed by atoms with E-state index in [9.17, 15) is 0 Å². The summed E-state index contributed by atoms with van der Waals surface area (Å²) in [5, 5.41) is 0. The van der Waals surface area contributed by atoms with Gasteiger partial charge in [0.25, 0.3) is 0 Å². The minimum atomic E-state index is 0.908. The zero-order valence-electron chi connectivity index (χ0n) is 12.8. The van der Waals surface area contributed by atoms with Gasteiger partial charge in [0.1, 0.15) is 5.82 Å². The highest BCUT2D eigenvalue weighted by Crippen LogP contribution is 2.20. The van der Waals surface area contributed by atoms with Gasteiger partial charge in [-0.1, -0.05) is 49.7 Å². The van der Waals surface area contributed by atoms with Gasteiger partial charge >= 0.3 is 0 Å². The highest BCUT2D eigenvalue weighted by Gasteiger charge is 2.11. The number of benzene rings is 2. The zero-order valence-corrected chi connectivity index (χ0v) is 12.8. The van der Waals surface area contributed by atoms with Gasteiger partial charge in [-0.2, -0.15) is 0 Å². The predicted octanol–water partition coefficient (Wildman–Crippen LogP) is 4.74. The summed E-state index contributed by atoms with van der Waals surface area (Å²) in [7, 11) is 0. The molecule has 3 aromatic rings. The number of fused-ring (bicyclic) bond motifs is 1. The van der Waals surface area contributed by atoms with Gasteiger partial charge in [0.2, 0.25) is 0 Å². The molecule has 0 aliphatic rings. The molecule has 0 spiro atoms. The van der Waals surface area contributed by atoms with E-state index in [0.717, 1.165) is 18.5 Å². The van der Waals surface area contributed by atoms with Crippen molar-refractivity contribution >= 4 is 11.0 Å². The third-order valence-corrected chi connectivity index (χ3v) is 4.08. The molecule has 0 aliphatic carbocycles. The van der Waals surface area contributed by atoms with Crippen molar-refractivity contribution < 1.29 is 0 Å². The lowest BCUT2D eigenvalue weighted by Crippen LogP contribution is -2.05. The smallest absolute Gasteiger partial charge is 0.114 e. The highest BCUT2D eigenvalue weighted by atomic mass is 15.1. The van der Waals surface area contributed by atoms with Gasteiger partial charge in [-0.25, -0.2) is 4.98 Å². The van der Waals surface area contributed by atoms with Crippen LogP contribution in [0.3, 0.4) is 0 Å². The van der Waals surface area contributed by atoms with Gasteiger partial charge in [-0.05, 0) is 36.6 Å². The van der Waals surface area contributed by atoms with Crippen molar-refractivity contribution in [2.45, 2.75) is 39.7 Å². The van der Waals surface area contributed by atoms with Gasteiger partial charge in [-0.3, -0.25) is 0 Å². The summed E-state index contributed by atoms with van der Waals surface area (Å²) in [5.41, 5.74) is 5.07. The van der Waals surface area contributed by atoms with Crippen LogP contribution in [0, 0.1) is 6.92 Å². The molecule has 21 heavy (non-hydrogen) atoms. The first-order valence-electron chi connectivity index (χ1n) is 7.78. The van der Waals surface area contributed by atoms with Crippen molar-refractivity contribution in [2.75, 3.05) is 0 Å². The van der Waals surface area contributed by atoms with E-state index < -0.39 is 0 Å². The van der Waals surface area contributed by atoms with E-state index in [1.165, 1.54) is 35.3 Å². The summed E-state index contributed by atoms with van der Waals surface area (Å²) in [4.78, 5) is 4.86. The third-order valence-electron chi connectivity index (χ3n) is 4.08. The molecule has 0 atom stereocenters. The number of imidazole rings is 1. The van der Waals surface area contributed by atoms with Gasteiger partial charge < -0.3 is 4.57 Å². The number of aromatic nitrogens is 2. The first-order valence-corrected chi connectivity index (χ1v) is 7.78. The van der Waals surface area contributed by atoms with E-state index in [-0.39, 0.29) is 0 Å². The molecule has 2 nitrogen and oxygen atoms in total. The number of unbranched alkanes of at least 4 members (excludes halogenated alkanes) is 1. The first-order chi connectivity index (χ1) is 10.3. The van der Waals surface area contributed by atoms with Crippen LogP contribution in [-0.2, 0) is 13.0 Å². The van der Waals surface area contributed by atoms with E-state index in [1.807, 2.05) is 0 Å². The Morgan fingerprint density at radius 3 is 2.57 bits per heavy atom. The number of para-hydroxylation sites is 2. The number of aryl methyl sites for hydroxylation is 2. The number of hydrogen-bond acceptors (Lipinski definition) is 1. The molecule has 0 N–H and O–H groups in total. The van der Waals surface area contributed by atoms with E-state index in [1.54, 1.807) is 0 Å². The largest absolute Gasteiger partial charge is 0.328 e. The summed E-state index contributed by atoms with van der Waals surface area (Å²) in [6.07, 6.45) is 3.31. The lowest BCUT2D eigenvalue weighted by atomic mass is 10.1. The van der Waals surface area contributed by atoms with Crippen LogP contribution >= 0.6 is 0 Å². The maximum Gasteiger partial charge on any atom is 0.114 e. The molecular formula is C19H22N2. The average molecular weight is 278 g/mol. The Kier molecular flexibility index (Phi) is 4.05. The minimum absolute atomic E-state index is 0.908. The Morgan fingerprint density at radius 1 is 1.00 bits per heavy atom. The van der Waals surface area contributed by atoms with Gasteiger partial charge in [0.15, 0.2) is 0 Å². The number of nitrogens with zero attached hydrogens (tertiary/aromatic N) is 2. The molecule has 0 aliphatic heterocycles. The van der Waals surface area contributed by atoms with Gasteiger partial charge in [-0.15, -0.1) is 0 Å². The quantitative estimate of drug-likeness (QED) is 0.659. The van der Waals surface area contributed by atoms with E-state index in [0.29, 0.717) is 0 Å². The van der Waals surface area contributed by atoms with Crippen LogP contribution in [0.15, 0.2) is 48.5 Å². The second-order valence-corrected chi connectivity index (χ2v) is 5.63. The van der Waals surface area contributed by atoms with E-state index in [4.69, 9.17) is 4.98 Å². The zero-order chi connectivity index (χ0) is 14.7. The number of hydrogen-bond donors (Lipinski definition) is 0. The lowest BCUT2D eigenvalue weighted by molar-refractivity contribution is 0.622. The van der Waals surface area contributed by atoms with Crippen LogP contribution in [0.4, 0.5) is 0 Å². The summed E-state index contributed by atoms with van der Waals surface area (Å²) < 4.78 is 2.39. The molecule has 0 amide bonds. The fourth-order valence-electron chi connectivity index (χ4n) is 2.80. The maximum atomic E-state index is 4.86. The Balaban J connectivity index is 2.02. The molecule has 0 radical (unpaired) electrons. The van der Waals surface area contributed by atoms with Crippen LogP contribution < -0.4 is 0 Å². The van der Waals surface area contributed by atoms with Crippen molar-refractivity contribution in [3.63, 3.8) is 0 Å². The average Bonchev–Trinajstić information content (AvgIpc) is 2.85. The molecule has 1 heterocycles.